The van der Waals surface area contributed by atoms with E-state index in [4.69, 9.17) is 0 Å². The lowest BCUT2D eigenvalue weighted by atomic mass is 9.71. The Labute approximate surface area is 106 Å². The zero-order valence-electron chi connectivity index (χ0n) is 10.1. The molecule has 2 heterocycles. The first-order valence-corrected chi connectivity index (χ1v) is 6.35. The van der Waals surface area contributed by atoms with Gasteiger partial charge in [-0.05, 0) is 31.4 Å². The van der Waals surface area contributed by atoms with E-state index in [9.17, 15) is 9.59 Å². The van der Waals surface area contributed by atoms with E-state index in [0.717, 1.165) is 24.9 Å². The maximum Gasteiger partial charge on any atom is 0.244 e. The molecule has 2 fully saturated rings. The van der Waals surface area contributed by atoms with Crippen molar-refractivity contribution in [2.24, 2.45) is 5.41 Å². The van der Waals surface area contributed by atoms with Gasteiger partial charge in [-0.15, -0.1) is 0 Å². The van der Waals surface area contributed by atoms with Crippen LogP contribution in [0.3, 0.4) is 0 Å². The highest BCUT2D eigenvalue weighted by molar-refractivity contribution is 6.09. The van der Waals surface area contributed by atoms with Gasteiger partial charge in [0, 0.05) is 0 Å². The predicted molar refractivity (Wildman–Crippen MR) is 66.8 cm³/mol. The lowest BCUT2D eigenvalue weighted by Gasteiger charge is -2.36. The normalized spacial score (nSPS) is 31.0. The Morgan fingerprint density at radius 2 is 2.00 bits per heavy atom. The maximum atomic E-state index is 12.2. The standard InChI is InChI=1S/C14H16N2O2/c17-12-11-14(13(18)16-12,7-4-8-15-11)9-10-5-2-1-3-6-10/h1-3,5-6,11,15H,4,7-9H2,(H,16,17,18). The van der Waals surface area contributed by atoms with Crippen LogP contribution in [0.1, 0.15) is 18.4 Å². The Morgan fingerprint density at radius 3 is 2.78 bits per heavy atom. The fourth-order valence-electron chi connectivity index (χ4n) is 3.12. The quantitative estimate of drug-likeness (QED) is 0.750. The third kappa shape index (κ3) is 1.64. The summed E-state index contributed by atoms with van der Waals surface area (Å²) in [6, 6.07) is 9.54. The summed E-state index contributed by atoms with van der Waals surface area (Å²) in [5, 5.41) is 5.67. The summed E-state index contributed by atoms with van der Waals surface area (Å²) in [4.78, 5) is 24.0. The number of piperidine rings is 1. The fraction of sp³-hybridized carbons (Fsp3) is 0.429. The van der Waals surface area contributed by atoms with E-state index in [1.165, 1.54) is 0 Å². The van der Waals surface area contributed by atoms with Gasteiger partial charge in [-0.2, -0.15) is 0 Å². The van der Waals surface area contributed by atoms with Gasteiger partial charge in [0.15, 0.2) is 0 Å². The molecule has 0 aliphatic carbocycles. The van der Waals surface area contributed by atoms with Crippen LogP contribution in [0, 0.1) is 5.41 Å². The molecule has 2 aliphatic heterocycles. The van der Waals surface area contributed by atoms with E-state index >= 15 is 0 Å². The first-order valence-electron chi connectivity index (χ1n) is 6.35. The number of carbonyl (C=O) groups is 2. The Hall–Kier alpha value is -1.68. The van der Waals surface area contributed by atoms with Crippen LogP contribution in [-0.2, 0) is 16.0 Å². The molecule has 0 aromatic heterocycles. The fourth-order valence-corrected chi connectivity index (χ4v) is 3.12. The van der Waals surface area contributed by atoms with Crippen LogP contribution in [0.4, 0.5) is 0 Å². The molecule has 94 valence electrons. The molecule has 0 radical (unpaired) electrons. The average molecular weight is 244 g/mol. The van der Waals surface area contributed by atoms with Gasteiger partial charge in [0.2, 0.25) is 11.8 Å². The molecular formula is C14H16N2O2. The highest BCUT2D eigenvalue weighted by Gasteiger charge is 2.55. The summed E-state index contributed by atoms with van der Waals surface area (Å²) in [6.45, 7) is 0.807. The number of nitrogens with one attached hydrogen (secondary N) is 2. The molecule has 2 saturated heterocycles. The number of carbonyl (C=O) groups excluding carboxylic acids is 2. The van der Waals surface area contributed by atoms with Gasteiger partial charge < -0.3 is 5.32 Å². The number of amides is 2. The van der Waals surface area contributed by atoms with Crippen LogP contribution < -0.4 is 10.6 Å². The Morgan fingerprint density at radius 1 is 1.22 bits per heavy atom. The molecule has 3 rings (SSSR count). The first-order chi connectivity index (χ1) is 8.72. The molecule has 18 heavy (non-hydrogen) atoms. The monoisotopic (exact) mass is 244 g/mol. The minimum absolute atomic E-state index is 0.117. The molecule has 2 amide bonds. The zero-order chi connectivity index (χ0) is 12.6. The molecular weight excluding hydrogens is 228 g/mol. The van der Waals surface area contributed by atoms with Crippen molar-refractivity contribution in [3.05, 3.63) is 35.9 Å². The van der Waals surface area contributed by atoms with Crippen LogP contribution in [0.25, 0.3) is 0 Å². The molecule has 1 aromatic carbocycles. The highest BCUT2D eigenvalue weighted by atomic mass is 16.2. The highest BCUT2D eigenvalue weighted by Crippen LogP contribution is 2.39. The molecule has 0 spiro atoms. The molecule has 2 N–H and O–H groups in total. The third-order valence-corrected chi connectivity index (χ3v) is 4.01. The van der Waals surface area contributed by atoms with Gasteiger partial charge in [-0.3, -0.25) is 14.9 Å². The minimum atomic E-state index is -0.587. The van der Waals surface area contributed by atoms with Crippen LogP contribution in [0.5, 0.6) is 0 Å². The van der Waals surface area contributed by atoms with Crippen LogP contribution in [0.15, 0.2) is 30.3 Å². The topological polar surface area (TPSA) is 58.2 Å². The second-order valence-corrected chi connectivity index (χ2v) is 5.13. The van der Waals surface area contributed by atoms with Crippen molar-refractivity contribution in [1.29, 1.82) is 0 Å². The number of rotatable bonds is 2. The summed E-state index contributed by atoms with van der Waals surface area (Å²) in [7, 11) is 0. The van der Waals surface area contributed by atoms with Crippen LogP contribution >= 0.6 is 0 Å². The molecule has 0 saturated carbocycles. The van der Waals surface area contributed by atoms with Crippen molar-refractivity contribution in [3.8, 4) is 0 Å². The smallest absolute Gasteiger partial charge is 0.244 e. The Bertz CT molecular complexity index is 486. The van der Waals surface area contributed by atoms with E-state index < -0.39 is 5.41 Å². The summed E-state index contributed by atoms with van der Waals surface area (Å²) in [6.07, 6.45) is 2.34. The largest absolute Gasteiger partial charge is 0.305 e. The lowest BCUT2D eigenvalue weighted by molar-refractivity contribution is -0.129. The van der Waals surface area contributed by atoms with Crippen molar-refractivity contribution in [2.75, 3.05) is 6.54 Å². The minimum Gasteiger partial charge on any atom is -0.305 e. The summed E-state index contributed by atoms with van der Waals surface area (Å²) >= 11 is 0. The van der Waals surface area contributed by atoms with Crippen LogP contribution in [0.2, 0.25) is 0 Å². The molecule has 2 unspecified atom stereocenters. The Balaban J connectivity index is 1.95. The van der Waals surface area contributed by atoms with Crippen molar-refractivity contribution in [1.82, 2.24) is 10.6 Å². The maximum absolute atomic E-state index is 12.2. The van der Waals surface area contributed by atoms with E-state index in [1.54, 1.807) is 0 Å². The number of benzene rings is 1. The van der Waals surface area contributed by atoms with E-state index in [0.29, 0.717) is 6.42 Å². The van der Waals surface area contributed by atoms with Crippen molar-refractivity contribution >= 4 is 11.8 Å². The van der Waals surface area contributed by atoms with Gasteiger partial charge >= 0.3 is 0 Å². The number of hydrogen-bond acceptors (Lipinski definition) is 3. The lowest BCUT2D eigenvalue weighted by Crippen LogP contribution is -2.53. The number of imide groups is 1. The van der Waals surface area contributed by atoms with Gasteiger partial charge in [0.1, 0.15) is 6.04 Å². The molecule has 4 nitrogen and oxygen atoms in total. The zero-order valence-corrected chi connectivity index (χ0v) is 10.1. The molecule has 2 aliphatic rings. The number of hydrogen-bond donors (Lipinski definition) is 2. The number of fused-ring (bicyclic) bond motifs is 1. The van der Waals surface area contributed by atoms with Gasteiger partial charge in [-0.1, -0.05) is 30.3 Å². The molecule has 4 heteroatoms. The SMILES string of the molecule is O=C1NC(=O)C2(Cc3ccccc3)CCCNC12. The summed E-state index contributed by atoms with van der Waals surface area (Å²) in [5.41, 5.74) is 0.521. The van der Waals surface area contributed by atoms with E-state index in [-0.39, 0.29) is 17.9 Å². The first kappa shape index (κ1) is 11.4. The second kappa shape index (κ2) is 4.21. The predicted octanol–water partition coefficient (Wildman–Crippen LogP) is 0.624. The molecule has 1 aromatic rings. The Kier molecular flexibility index (Phi) is 2.67. The molecule has 0 bridgehead atoms. The van der Waals surface area contributed by atoms with Crippen molar-refractivity contribution in [2.45, 2.75) is 25.3 Å². The van der Waals surface area contributed by atoms with E-state index in [1.807, 2.05) is 30.3 Å². The third-order valence-electron chi connectivity index (χ3n) is 4.01. The second-order valence-electron chi connectivity index (χ2n) is 5.13. The summed E-state index contributed by atoms with van der Waals surface area (Å²) in [5.74, 6) is -0.288. The van der Waals surface area contributed by atoms with Gasteiger partial charge in [0.25, 0.3) is 0 Å². The average Bonchev–Trinajstić information content (AvgIpc) is 2.63. The summed E-state index contributed by atoms with van der Waals surface area (Å²) < 4.78 is 0. The van der Waals surface area contributed by atoms with Crippen molar-refractivity contribution < 1.29 is 9.59 Å². The van der Waals surface area contributed by atoms with Crippen molar-refractivity contribution in [3.63, 3.8) is 0 Å². The van der Waals surface area contributed by atoms with Gasteiger partial charge in [-0.25, -0.2) is 0 Å². The molecule has 2 atom stereocenters. The van der Waals surface area contributed by atoms with Gasteiger partial charge in [0.05, 0.1) is 5.41 Å². The van der Waals surface area contributed by atoms with Crippen LogP contribution in [-0.4, -0.2) is 24.4 Å². The van der Waals surface area contributed by atoms with E-state index in [2.05, 4.69) is 10.6 Å².